The van der Waals surface area contributed by atoms with E-state index in [4.69, 9.17) is 14.5 Å². The number of benzene rings is 2. The van der Waals surface area contributed by atoms with Gasteiger partial charge in [0.2, 0.25) is 0 Å². The lowest BCUT2D eigenvalue weighted by atomic mass is 10.0. The Morgan fingerprint density at radius 3 is 2.79 bits per heavy atom. The summed E-state index contributed by atoms with van der Waals surface area (Å²) in [5.74, 6) is 1.68. The van der Waals surface area contributed by atoms with Gasteiger partial charge in [-0.3, -0.25) is 4.79 Å². The molecule has 4 aromatic rings. The average molecular weight is 447 g/mol. The summed E-state index contributed by atoms with van der Waals surface area (Å²) < 4.78 is 15.5. The van der Waals surface area contributed by atoms with Gasteiger partial charge in [0.1, 0.15) is 11.6 Å². The molecular formula is C26H30N4O3. The Morgan fingerprint density at radius 2 is 1.94 bits per heavy atom. The number of carbonyl (C=O) groups is 1. The van der Waals surface area contributed by atoms with Crippen molar-refractivity contribution in [3.05, 3.63) is 60.6 Å². The number of fused-ring (bicyclic) bond motifs is 2. The van der Waals surface area contributed by atoms with Gasteiger partial charge in [0.25, 0.3) is 5.91 Å². The van der Waals surface area contributed by atoms with Crippen LogP contribution < -0.4 is 4.74 Å². The van der Waals surface area contributed by atoms with E-state index >= 15 is 0 Å². The van der Waals surface area contributed by atoms with Crippen molar-refractivity contribution in [2.75, 3.05) is 26.9 Å². The number of aryl methyl sites for hydroxylation is 1. The van der Waals surface area contributed by atoms with Crippen molar-refractivity contribution in [1.82, 2.24) is 19.0 Å². The molecule has 0 bridgehead atoms. The zero-order valence-electron chi connectivity index (χ0n) is 19.2. The van der Waals surface area contributed by atoms with E-state index in [2.05, 4.69) is 21.3 Å². The molecule has 1 saturated heterocycles. The second kappa shape index (κ2) is 9.27. The van der Waals surface area contributed by atoms with Crippen molar-refractivity contribution in [3.8, 4) is 5.75 Å². The first kappa shape index (κ1) is 21.5. The Labute approximate surface area is 193 Å². The van der Waals surface area contributed by atoms with E-state index in [1.165, 1.54) is 0 Å². The van der Waals surface area contributed by atoms with Crippen molar-refractivity contribution in [2.24, 2.45) is 7.05 Å². The molecule has 0 radical (unpaired) electrons. The molecule has 1 amide bonds. The molecular weight excluding hydrogens is 416 g/mol. The number of hydrogen-bond acceptors (Lipinski definition) is 4. The van der Waals surface area contributed by atoms with Gasteiger partial charge in [-0.1, -0.05) is 18.2 Å². The molecule has 1 aliphatic rings. The summed E-state index contributed by atoms with van der Waals surface area (Å²) in [4.78, 5) is 20.1. The minimum absolute atomic E-state index is 0.00238. The lowest BCUT2D eigenvalue weighted by Gasteiger charge is -2.35. The number of nitrogens with zero attached hydrogens (tertiary/aromatic N) is 4. The number of piperidine rings is 1. The Hall–Kier alpha value is -3.32. The molecule has 1 atom stereocenters. The largest absolute Gasteiger partial charge is 0.483 e. The number of hydrogen-bond donors (Lipinski definition) is 0. The first-order chi connectivity index (χ1) is 16.2. The molecule has 3 heterocycles. The smallest absolute Gasteiger partial charge is 0.261 e. The molecule has 0 N–H and O–H groups in total. The fraction of sp³-hybridized carbons (Fsp3) is 0.385. The van der Waals surface area contributed by atoms with E-state index in [9.17, 15) is 4.79 Å². The normalized spacial score (nSPS) is 16.5. The van der Waals surface area contributed by atoms with Gasteiger partial charge in [0, 0.05) is 38.8 Å². The number of ether oxygens (including phenoxy) is 2. The van der Waals surface area contributed by atoms with Gasteiger partial charge in [-0.2, -0.15) is 0 Å². The molecule has 7 heteroatoms. The molecule has 5 rings (SSSR count). The van der Waals surface area contributed by atoms with Gasteiger partial charge in [0.05, 0.1) is 29.2 Å². The van der Waals surface area contributed by atoms with E-state index < -0.39 is 0 Å². The molecule has 0 spiro atoms. The summed E-state index contributed by atoms with van der Waals surface area (Å²) in [7, 11) is 3.74. The molecule has 1 fully saturated rings. The van der Waals surface area contributed by atoms with E-state index in [0.29, 0.717) is 6.61 Å². The number of imidazole rings is 1. The van der Waals surface area contributed by atoms with Crippen molar-refractivity contribution >= 4 is 27.8 Å². The van der Waals surface area contributed by atoms with Crippen LogP contribution in [0.1, 0.15) is 31.1 Å². The van der Waals surface area contributed by atoms with Crippen LogP contribution in [-0.2, 0) is 23.1 Å². The van der Waals surface area contributed by atoms with Crippen LogP contribution in [0.2, 0.25) is 0 Å². The van der Waals surface area contributed by atoms with Gasteiger partial charge in [0.15, 0.2) is 6.61 Å². The van der Waals surface area contributed by atoms with Crippen molar-refractivity contribution < 1.29 is 14.3 Å². The highest BCUT2D eigenvalue weighted by Crippen LogP contribution is 2.32. The zero-order chi connectivity index (χ0) is 22.8. The fourth-order valence-corrected chi connectivity index (χ4v) is 4.89. The minimum Gasteiger partial charge on any atom is -0.483 e. The number of para-hydroxylation sites is 2. The molecule has 2 aromatic carbocycles. The highest BCUT2D eigenvalue weighted by atomic mass is 16.5. The second-order valence-electron chi connectivity index (χ2n) is 8.60. The van der Waals surface area contributed by atoms with Gasteiger partial charge in [-0.15, -0.1) is 0 Å². The third kappa shape index (κ3) is 4.09. The highest BCUT2D eigenvalue weighted by Gasteiger charge is 2.31. The maximum atomic E-state index is 13.3. The first-order valence-electron chi connectivity index (χ1n) is 11.6. The van der Waals surface area contributed by atoms with Crippen molar-refractivity contribution in [1.29, 1.82) is 0 Å². The molecule has 0 aliphatic carbocycles. The van der Waals surface area contributed by atoms with Crippen molar-refractivity contribution in [2.45, 2.75) is 31.8 Å². The van der Waals surface area contributed by atoms with Crippen LogP contribution in [0.25, 0.3) is 21.9 Å². The maximum absolute atomic E-state index is 13.3. The monoisotopic (exact) mass is 446 g/mol. The Morgan fingerprint density at radius 1 is 1.09 bits per heavy atom. The standard InChI is InChI=1S/C26H30N4O3/c1-28-22-9-4-3-8-20(22)27-26(28)23-10-5-6-14-30(23)25(31)18-33-24-12-7-11-21-19(24)13-15-29(21)16-17-32-2/h3-4,7-9,11-13,15,23H,5-6,10,14,16-18H2,1-2H3/t23-/m0/s1. The number of carbonyl (C=O) groups excluding carboxylic acids is 1. The lowest BCUT2D eigenvalue weighted by Crippen LogP contribution is -2.42. The van der Waals surface area contributed by atoms with Gasteiger partial charge >= 0.3 is 0 Å². The van der Waals surface area contributed by atoms with Crippen LogP contribution in [0.3, 0.4) is 0 Å². The Kier molecular flexibility index (Phi) is 6.05. The summed E-state index contributed by atoms with van der Waals surface area (Å²) in [5, 5.41) is 1.01. The van der Waals surface area contributed by atoms with Crippen molar-refractivity contribution in [3.63, 3.8) is 0 Å². The molecule has 0 unspecified atom stereocenters. The van der Waals surface area contributed by atoms with E-state index in [0.717, 1.165) is 65.9 Å². The number of likely N-dealkylation sites (tertiary alicyclic amines) is 1. The zero-order valence-corrected chi connectivity index (χ0v) is 19.2. The fourth-order valence-electron chi connectivity index (χ4n) is 4.89. The van der Waals surface area contributed by atoms with Crippen LogP contribution in [0.4, 0.5) is 0 Å². The van der Waals surface area contributed by atoms with E-state index in [1.54, 1.807) is 7.11 Å². The number of rotatable bonds is 7. The summed E-state index contributed by atoms with van der Waals surface area (Å²) in [6.45, 7) is 2.16. The summed E-state index contributed by atoms with van der Waals surface area (Å²) in [5.41, 5.74) is 3.13. The molecule has 33 heavy (non-hydrogen) atoms. The van der Waals surface area contributed by atoms with Crippen LogP contribution in [-0.4, -0.2) is 51.8 Å². The molecule has 1 aliphatic heterocycles. The number of methoxy groups -OCH3 is 1. The molecule has 7 nitrogen and oxygen atoms in total. The Bertz CT molecular complexity index is 1280. The number of aromatic nitrogens is 3. The molecule has 2 aromatic heterocycles. The first-order valence-corrected chi connectivity index (χ1v) is 11.6. The SMILES string of the molecule is COCCn1ccc2c(OCC(=O)N3CCCC[C@H]3c3nc4ccccc4n3C)cccc21. The van der Waals surface area contributed by atoms with Gasteiger partial charge < -0.3 is 23.5 Å². The quantitative estimate of drug-likeness (QED) is 0.425. The van der Waals surface area contributed by atoms with E-state index in [1.807, 2.05) is 54.5 Å². The van der Waals surface area contributed by atoms with Crippen LogP contribution >= 0.6 is 0 Å². The van der Waals surface area contributed by atoms with E-state index in [-0.39, 0.29) is 18.6 Å². The minimum atomic E-state index is -0.0295. The van der Waals surface area contributed by atoms with Crippen LogP contribution in [0, 0.1) is 0 Å². The predicted octanol–water partition coefficient (Wildman–Crippen LogP) is 4.31. The average Bonchev–Trinajstić information content (AvgIpc) is 3.42. The topological polar surface area (TPSA) is 61.5 Å². The van der Waals surface area contributed by atoms with Crippen LogP contribution in [0.5, 0.6) is 5.75 Å². The third-order valence-electron chi connectivity index (χ3n) is 6.60. The maximum Gasteiger partial charge on any atom is 0.261 e. The Balaban J connectivity index is 1.34. The molecule has 0 saturated carbocycles. The third-order valence-corrected chi connectivity index (χ3v) is 6.60. The second-order valence-corrected chi connectivity index (χ2v) is 8.60. The lowest BCUT2D eigenvalue weighted by molar-refractivity contribution is -0.137. The molecule has 172 valence electrons. The summed E-state index contributed by atoms with van der Waals surface area (Å²) in [6.07, 6.45) is 5.04. The van der Waals surface area contributed by atoms with Gasteiger partial charge in [-0.25, -0.2) is 4.98 Å². The predicted molar refractivity (Wildman–Crippen MR) is 128 cm³/mol. The van der Waals surface area contributed by atoms with Gasteiger partial charge in [-0.05, 0) is 49.6 Å². The highest BCUT2D eigenvalue weighted by molar-refractivity contribution is 5.87. The summed E-state index contributed by atoms with van der Waals surface area (Å²) >= 11 is 0. The number of amides is 1. The van der Waals surface area contributed by atoms with Crippen LogP contribution in [0.15, 0.2) is 54.7 Å². The summed E-state index contributed by atoms with van der Waals surface area (Å²) in [6, 6.07) is 16.1.